The van der Waals surface area contributed by atoms with Gasteiger partial charge in [0.15, 0.2) is 0 Å². The number of hydrogen-bond donors (Lipinski definition) is 2. The molecule has 0 saturated carbocycles. The molecule has 0 aliphatic heterocycles. The monoisotopic (exact) mass is 235 g/mol. The summed E-state index contributed by atoms with van der Waals surface area (Å²) in [5.74, 6) is -0.134. The Bertz CT molecular complexity index is 366. The maximum Gasteiger partial charge on any atom is 0.251 e. The Morgan fingerprint density at radius 2 is 1.76 bits per heavy atom. The summed E-state index contributed by atoms with van der Waals surface area (Å²) in [6.45, 7) is 6.12. The van der Waals surface area contributed by atoms with Gasteiger partial charge in [0.05, 0.1) is 5.60 Å². The quantitative estimate of drug-likeness (QED) is 0.822. The van der Waals surface area contributed by atoms with Crippen molar-refractivity contribution in [1.29, 1.82) is 0 Å². The molecule has 17 heavy (non-hydrogen) atoms. The maximum atomic E-state index is 11.8. The number of amides is 1. The lowest BCUT2D eigenvalue weighted by molar-refractivity contribution is 0.0314. The van der Waals surface area contributed by atoms with Gasteiger partial charge in [-0.2, -0.15) is 0 Å². The molecule has 1 amide bonds. The molecule has 94 valence electrons. The highest BCUT2D eigenvalue weighted by atomic mass is 16.3. The molecule has 2 N–H and O–H groups in total. The fourth-order valence-corrected chi connectivity index (χ4v) is 1.55. The summed E-state index contributed by atoms with van der Waals surface area (Å²) in [4.78, 5) is 11.8. The average molecular weight is 235 g/mol. The summed E-state index contributed by atoms with van der Waals surface area (Å²) >= 11 is 0. The van der Waals surface area contributed by atoms with Crippen molar-refractivity contribution in [1.82, 2.24) is 5.32 Å². The number of aryl methyl sites for hydroxylation is 1. The van der Waals surface area contributed by atoms with Gasteiger partial charge in [0.25, 0.3) is 5.91 Å². The van der Waals surface area contributed by atoms with Crippen molar-refractivity contribution in [3.8, 4) is 0 Å². The molecule has 0 heterocycles. The van der Waals surface area contributed by atoms with Gasteiger partial charge in [0.2, 0.25) is 0 Å². The van der Waals surface area contributed by atoms with E-state index < -0.39 is 5.60 Å². The molecule has 1 rings (SSSR count). The molecule has 0 bridgehead atoms. The van der Waals surface area contributed by atoms with E-state index in [-0.39, 0.29) is 5.91 Å². The van der Waals surface area contributed by atoms with Crippen molar-refractivity contribution in [2.24, 2.45) is 0 Å². The van der Waals surface area contributed by atoms with Crippen molar-refractivity contribution in [2.45, 2.75) is 39.2 Å². The van der Waals surface area contributed by atoms with Crippen LogP contribution in [0.25, 0.3) is 0 Å². The minimum atomic E-state index is -0.791. The first-order chi connectivity index (χ1) is 8.00. The Morgan fingerprint density at radius 1 is 1.24 bits per heavy atom. The van der Waals surface area contributed by atoms with Crippen molar-refractivity contribution >= 4 is 5.91 Å². The zero-order chi connectivity index (χ0) is 12.9. The number of benzene rings is 1. The Kier molecular flexibility index (Phi) is 4.70. The second-order valence-corrected chi connectivity index (χ2v) is 4.48. The van der Waals surface area contributed by atoms with Crippen LogP contribution in [0.4, 0.5) is 0 Å². The normalized spacial score (nSPS) is 11.3. The van der Waals surface area contributed by atoms with Crippen molar-refractivity contribution < 1.29 is 9.90 Å². The molecule has 0 fully saturated rings. The smallest absolute Gasteiger partial charge is 0.251 e. The standard InChI is InChI=1S/C14H21NO2/c1-4-14(17,5-2)10-15-13(16)12-8-6-11(3)7-9-12/h6-9,17H,4-5,10H2,1-3H3,(H,15,16). The molecule has 0 spiro atoms. The number of carbonyl (C=O) groups is 1. The van der Waals surface area contributed by atoms with E-state index in [1.165, 1.54) is 0 Å². The fourth-order valence-electron chi connectivity index (χ4n) is 1.55. The van der Waals surface area contributed by atoms with Gasteiger partial charge in [-0.1, -0.05) is 31.5 Å². The van der Waals surface area contributed by atoms with Crippen molar-refractivity contribution in [3.63, 3.8) is 0 Å². The predicted octanol–water partition coefficient (Wildman–Crippen LogP) is 2.28. The van der Waals surface area contributed by atoms with Crippen LogP contribution in [-0.2, 0) is 0 Å². The topological polar surface area (TPSA) is 49.3 Å². The van der Waals surface area contributed by atoms with Crippen LogP contribution in [0.3, 0.4) is 0 Å². The molecule has 0 aromatic heterocycles. The molecule has 0 aliphatic carbocycles. The fraction of sp³-hybridized carbons (Fsp3) is 0.500. The molecule has 1 aromatic rings. The predicted molar refractivity (Wildman–Crippen MR) is 69.0 cm³/mol. The highest BCUT2D eigenvalue weighted by molar-refractivity contribution is 5.94. The van der Waals surface area contributed by atoms with Gasteiger partial charge in [0.1, 0.15) is 0 Å². The maximum absolute atomic E-state index is 11.8. The van der Waals surface area contributed by atoms with Crippen LogP contribution >= 0.6 is 0 Å². The van der Waals surface area contributed by atoms with E-state index in [1.807, 2.05) is 32.9 Å². The second kappa shape index (κ2) is 5.82. The molecule has 0 saturated heterocycles. The first-order valence-electron chi connectivity index (χ1n) is 6.08. The van der Waals surface area contributed by atoms with Crippen molar-refractivity contribution in [2.75, 3.05) is 6.54 Å². The first-order valence-corrected chi connectivity index (χ1v) is 6.08. The van der Waals surface area contributed by atoms with E-state index >= 15 is 0 Å². The van der Waals surface area contributed by atoms with Crippen molar-refractivity contribution in [3.05, 3.63) is 35.4 Å². The third kappa shape index (κ3) is 3.86. The summed E-state index contributed by atoms with van der Waals surface area (Å²) in [5.41, 5.74) is 0.964. The van der Waals surface area contributed by atoms with Crippen LogP contribution in [-0.4, -0.2) is 23.2 Å². The molecule has 3 heteroatoms. The van der Waals surface area contributed by atoms with Crippen LogP contribution in [0.1, 0.15) is 42.6 Å². The van der Waals surface area contributed by atoms with Gasteiger partial charge in [-0.25, -0.2) is 0 Å². The van der Waals surface area contributed by atoms with Gasteiger partial charge in [0, 0.05) is 12.1 Å². The van der Waals surface area contributed by atoms with E-state index in [9.17, 15) is 9.90 Å². The minimum absolute atomic E-state index is 0.134. The number of carbonyl (C=O) groups excluding carboxylic acids is 1. The lowest BCUT2D eigenvalue weighted by atomic mass is 9.97. The second-order valence-electron chi connectivity index (χ2n) is 4.48. The number of rotatable bonds is 5. The van der Waals surface area contributed by atoms with Gasteiger partial charge in [-0.15, -0.1) is 0 Å². The van der Waals surface area contributed by atoms with Crippen LogP contribution in [0.2, 0.25) is 0 Å². The van der Waals surface area contributed by atoms with Gasteiger partial charge < -0.3 is 10.4 Å². The third-order valence-electron chi connectivity index (χ3n) is 3.21. The SMILES string of the molecule is CCC(O)(CC)CNC(=O)c1ccc(C)cc1. The van der Waals surface area contributed by atoms with E-state index in [2.05, 4.69) is 5.32 Å². The van der Waals surface area contributed by atoms with Gasteiger partial charge in [-0.05, 0) is 31.9 Å². The van der Waals surface area contributed by atoms with Crippen LogP contribution in [0.15, 0.2) is 24.3 Å². The van der Waals surface area contributed by atoms with Crippen LogP contribution in [0, 0.1) is 6.92 Å². The summed E-state index contributed by atoms with van der Waals surface area (Å²) in [7, 11) is 0. The number of hydrogen-bond acceptors (Lipinski definition) is 2. The number of nitrogens with one attached hydrogen (secondary N) is 1. The van der Waals surface area contributed by atoms with E-state index in [4.69, 9.17) is 0 Å². The molecular weight excluding hydrogens is 214 g/mol. The minimum Gasteiger partial charge on any atom is -0.388 e. The zero-order valence-electron chi connectivity index (χ0n) is 10.8. The molecule has 3 nitrogen and oxygen atoms in total. The Labute approximate surface area is 103 Å². The zero-order valence-corrected chi connectivity index (χ0v) is 10.8. The first kappa shape index (κ1) is 13.7. The lowest BCUT2D eigenvalue weighted by Gasteiger charge is -2.25. The molecular formula is C14H21NO2. The summed E-state index contributed by atoms with van der Waals surface area (Å²) in [5, 5.41) is 12.8. The molecule has 1 aromatic carbocycles. The largest absolute Gasteiger partial charge is 0.388 e. The van der Waals surface area contributed by atoms with Gasteiger partial charge >= 0.3 is 0 Å². The molecule has 0 aliphatic rings. The summed E-state index contributed by atoms with van der Waals surface area (Å²) in [6, 6.07) is 7.39. The average Bonchev–Trinajstić information content (AvgIpc) is 2.36. The van der Waals surface area contributed by atoms with Crippen LogP contribution in [0.5, 0.6) is 0 Å². The Morgan fingerprint density at radius 3 is 2.24 bits per heavy atom. The van der Waals surface area contributed by atoms with Gasteiger partial charge in [-0.3, -0.25) is 4.79 Å². The van der Waals surface area contributed by atoms with E-state index in [0.717, 1.165) is 5.56 Å². The molecule has 0 radical (unpaired) electrons. The third-order valence-corrected chi connectivity index (χ3v) is 3.21. The van der Waals surface area contributed by atoms with E-state index in [1.54, 1.807) is 12.1 Å². The highest BCUT2D eigenvalue weighted by Gasteiger charge is 2.22. The molecule has 0 unspecified atom stereocenters. The number of aliphatic hydroxyl groups is 1. The highest BCUT2D eigenvalue weighted by Crippen LogP contribution is 2.13. The summed E-state index contributed by atoms with van der Waals surface area (Å²) < 4.78 is 0. The Balaban J connectivity index is 2.58. The van der Waals surface area contributed by atoms with E-state index in [0.29, 0.717) is 24.9 Å². The van der Waals surface area contributed by atoms with Crippen LogP contribution < -0.4 is 5.32 Å². The lowest BCUT2D eigenvalue weighted by Crippen LogP contribution is -2.42. The Hall–Kier alpha value is -1.35. The molecule has 0 atom stereocenters. The summed E-state index contributed by atoms with van der Waals surface area (Å²) in [6.07, 6.45) is 1.27.